The van der Waals surface area contributed by atoms with E-state index < -0.39 is 21.5 Å². The fourth-order valence-corrected chi connectivity index (χ4v) is 4.02. The molecule has 1 fully saturated rings. The van der Waals surface area contributed by atoms with E-state index in [1.807, 2.05) is 0 Å². The maximum absolute atomic E-state index is 12.3. The van der Waals surface area contributed by atoms with Gasteiger partial charge in [-0.3, -0.25) is 9.59 Å². The number of hydrogen-bond donors (Lipinski definition) is 2. The number of halogens is 1. The van der Waals surface area contributed by atoms with Gasteiger partial charge in [0.25, 0.3) is 5.91 Å². The molecule has 0 radical (unpaired) electrons. The third-order valence-electron chi connectivity index (χ3n) is 4.39. The molecule has 0 aliphatic heterocycles. The van der Waals surface area contributed by atoms with E-state index in [2.05, 4.69) is 5.32 Å². The Kier molecular flexibility index (Phi) is 8.05. The lowest BCUT2D eigenvalue weighted by molar-refractivity contribution is -0.125. The SMILES string of the molecule is CN(C)C(=O)CS(=O)(=O)c1ccc(C(=O)NC2CCC(N)CC2)cc1.Cl. The van der Waals surface area contributed by atoms with E-state index in [1.54, 1.807) is 0 Å². The van der Waals surface area contributed by atoms with Gasteiger partial charge in [0.1, 0.15) is 5.75 Å². The molecule has 3 N–H and O–H groups in total. The lowest BCUT2D eigenvalue weighted by Crippen LogP contribution is -2.40. The number of rotatable bonds is 5. The van der Waals surface area contributed by atoms with Crippen LogP contribution < -0.4 is 11.1 Å². The largest absolute Gasteiger partial charge is 0.349 e. The van der Waals surface area contributed by atoms with E-state index in [9.17, 15) is 18.0 Å². The first kappa shape index (κ1) is 22.4. The number of carbonyl (C=O) groups excluding carboxylic acids is 2. The molecule has 2 amide bonds. The number of hydrogen-bond acceptors (Lipinski definition) is 5. The van der Waals surface area contributed by atoms with Gasteiger partial charge >= 0.3 is 0 Å². The Morgan fingerprint density at radius 1 is 1.12 bits per heavy atom. The number of sulfone groups is 1. The van der Waals surface area contributed by atoms with Crippen molar-refractivity contribution in [1.29, 1.82) is 0 Å². The summed E-state index contributed by atoms with van der Waals surface area (Å²) in [5, 5.41) is 2.96. The second kappa shape index (κ2) is 9.34. The first-order valence-corrected chi connectivity index (χ1v) is 9.93. The number of benzene rings is 1. The van der Waals surface area contributed by atoms with Gasteiger partial charge in [0.2, 0.25) is 5.91 Å². The summed E-state index contributed by atoms with van der Waals surface area (Å²) in [6.45, 7) is 0. The predicted octanol–water partition coefficient (Wildman–Crippen LogP) is 0.970. The summed E-state index contributed by atoms with van der Waals surface area (Å²) in [6.07, 6.45) is 3.49. The monoisotopic (exact) mass is 403 g/mol. The van der Waals surface area contributed by atoms with Gasteiger partial charge in [-0.15, -0.1) is 12.4 Å². The number of nitrogens with zero attached hydrogens (tertiary/aromatic N) is 1. The van der Waals surface area contributed by atoms with Gasteiger partial charge in [-0.05, 0) is 49.9 Å². The molecule has 26 heavy (non-hydrogen) atoms. The number of nitrogens with one attached hydrogen (secondary N) is 1. The molecule has 0 saturated heterocycles. The summed E-state index contributed by atoms with van der Waals surface area (Å²) in [4.78, 5) is 25.2. The molecular weight excluding hydrogens is 378 g/mol. The van der Waals surface area contributed by atoms with Gasteiger partial charge in [-0.1, -0.05) is 0 Å². The van der Waals surface area contributed by atoms with Crippen molar-refractivity contribution < 1.29 is 18.0 Å². The minimum atomic E-state index is -3.72. The van der Waals surface area contributed by atoms with Crippen LogP contribution in [0, 0.1) is 0 Å². The van der Waals surface area contributed by atoms with E-state index >= 15 is 0 Å². The van der Waals surface area contributed by atoms with E-state index in [4.69, 9.17) is 5.73 Å². The molecule has 0 spiro atoms. The quantitative estimate of drug-likeness (QED) is 0.761. The van der Waals surface area contributed by atoms with Crippen LogP contribution in [0.25, 0.3) is 0 Å². The van der Waals surface area contributed by atoms with Gasteiger partial charge in [0.15, 0.2) is 9.84 Å². The maximum Gasteiger partial charge on any atom is 0.251 e. The molecule has 0 bridgehead atoms. The van der Waals surface area contributed by atoms with Crippen LogP contribution in [0.3, 0.4) is 0 Å². The van der Waals surface area contributed by atoms with Crippen LogP contribution in [-0.2, 0) is 14.6 Å². The summed E-state index contributed by atoms with van der Waals surface area (Å²) in [5.41, 5.74) is 6.25. The Bertz CT molecular complexity index is 727. The standard InChI is InChI=1S/C17H25N3O4S.ClH/c1-20(2)16(21)11-25(23,24)15-9-3-12(4-10-15)17(22)19-14-7-5-13(18)6-8-14;/h3-4,9-10,13-14H,5-8,11,18H2,1-2H3,(H,19,22);1H. The Hall–Kier alpha value is -1.64. The van der Waals surface area contributed by atoms with Crippen molar-refractivity contribution in [1.82, 2.24) is 10.2 Å². The van der Waals surface area contributed by atoms with Crippen LogP contribution >= 0.6 is 12.4 Å². The normalized spacial score (nSPS) is 20.0. The van der Waals surface area contributed by atoms with Crippen LogP contribution in [0.2, 0.25) is 0 Å². The van der Waals surface area contributed by atoms with Gasteiger partial charge in [-0.2, -0.15) is 0 Å². The van der Waals surface area contributed by atoms with Crippen molar-refractivity contribution in [3.63, 3.8) is 0 Å². The lowest BCUT2D eigenvalue weighted by Gasteiger charge is -2.26. The molecule has 2 rings (SSSR count). The van der Waals surface area contributed by atoms with Crippen LogP contribution in [0.1, 0.15) is 36.0 Å². The summed E-state index contributed by atoms with van der Waals surface area (Å²) in [6, 6.07) is 5.98. The summed E-state index contributed by atoms with van der Waals surface area (Å²) in [7, 11) is -0.710. The highest BCUT2D eigenvalue weighted by atomic mass is 35.5. The third kappa shape index (κ3) is 5.96. The maximum atomic E-state index is 12.3. The van der Waals surface area contributed by atoms with Crippen molar-refractivity contribution in [2.75, 3.05) is 19.8 Å². The predicted molar refractivity (Wildman–Crippen MR) is 102 cm³/mol. The highest BCUT2D eigenvalue weighted by Gasteiger charge is 2.22. The topological polar surface area (TPSA) is 110 Å². The van der Waals surface area contributed by atoms with Gasteiger partial charge in [0.05, 0.1) is 4.90 Å². The molecule has 0 atom stereocenters. The second-order valence-corrected chi connectivity index (χ2v) is 8.65. The number of carbonyl (C=O) groups is 2. The smallest absolute Gasteiger partial charge is 0.251 e. The summed E-state index contributed by atoms with van der Waals surface area (Å²) in [5.74, 6) is -1.31. The molecule has 0 aromatic heterocycles. The first-order valence-electron chi connectivity index (χ1n) is 8.28. The van der Waals surface area contributed by atoms with Crippen LogP contribution in [0.4, 0.5) is 0 Å². The third-order valence-corrected chi connectivity index (χ3v) is 6.01. The highest BCUT2D eigenvalue weighted by molar-refractivity contribution is 7.92. The zero-order valence-electron chi connectivity index (χ0n) is 15.0. The second-order valence-electron chi connectivity index (χ2n) is 6.66. The first-order chi connectivity index (χ1) is 11.7. The van der Waals surface area contributed by atoms with E-state index in [0.29, 0.717) is 5.56 Å². The van der Waals surface area contributed by atoms with Gasteiger partial charge < -0.3 is 16.0 Å². The molecule has 1 aliphatic carbocycles. The Labute approximate surface area is 160 Å². The average Bonchev–Trinajstić information content (AvgIpc) is 2.56. The molecule has 0 heterocycles. The van der Waals surface area contributed by atoms with Crippen molar-refractivity contribution in [2.45, 2.75) is 42.7 Å². The van der Waals surface area contributed by atoms with E-state index in [-0.39, 0.29) is 35.3 Å². The van der Waals surface area contributed by atoms with Gasteiger partial charge in [-0.25, -0.2) is 8.42 Å². The Balaban J connectivity index is 0.00000338. The van der Waals surface area contributed by atoms with Crippen LogP contribution in [0.15, 0.2) is 29.2 Å². The molecule has 0 unspecified atom stereocenters. The van der Waals surface area contributed by atoms with Crippen molar-refractivity contribution >= 4 is 34.1 Å². The molecule has 1 aromatic rings. The van der Waals surface area contributed by atoms with Crippen molar-refractivity contribution in [2.24, 2.45) is 5.73 Å². The molecule has 1 saturated carbocycles. The van der Waals surface area contributed by atoms with E-state index in [1.165, 1.54) is 43.3 Å². The van der Waals surface area contributed by atoms with E-state index in [0.717, 1.165) is 25.7 Å². The zero-order chi connectivity index (χ0) is 18.6. The lowest BCUT2D eigenvalue weighted by atomic mass is 9.91. The average molecular weight is 404 g/mol. The Morgan fingerprint density at radius 3 is 2.15 bits per heavy atom. The van der Waals surface area contributed by atoms with Crippen molar-refractivity contribution in [3.05, 3.63) is 29.8 Å². The summed E-state index contributed by atoms with van der Waals surface area (Å²) < 4.78 is 24.4. The molecule has 1 aliphatic rings. The van der Waals surface area contributed by atoms with Gasteiger partial charge in [0, 0.05) is 31.7 Å². The highest BCUT2D eigenvalue weighted by Crippen LogP contribution is 2.18. The molecule has 1 aromatic carbocycles. The number of nitrogens with two attached hydrogens (primary N) is 1. The Morgan fingerprint density at radius 2 is 1.65 bits per heavy atom. The fraction of sp³-hybridized carbons (Fsp3) is 0.529. The molecule has 7 nitrogen and oxygen atoms in total. The van der Waals surface area contributed by atoms with Crippen molar-refractivity contribution in [3.8, 4) is 0 Å². The molecular formula is C17H26ClN3O4S. The minimum absolute atomic E-state index is 0. The minimum Gasteiger partial charge on any atom is -0.349 e. The molecule has 146 valence electrons. The number of amides is 2. The van der Waals surface area contributed by atoms with Crippen LogP contribution in [0.5, 0.6) is 0 Å². The summed E-state index contributed by atoms with van der Waals surface area (Å²) >= 11 is 0. The molecule has 9 heteroatoms. The fourth-order valence-electron chi connectivity index (χ4n) is 2.72. The zero-order valence-corrected chi connectivity index (χ0v) is 16.6. The van der Waals surface area contributed by atoms with Crippen LogP contribution in [-0.4, -0.2) is 57.1 Å².